The predicted octanol–water partition coefficient (Wildman–Crippen LogP) is 2.15. The molecule has 114 valence electrons. The number of carbonyl (C=O) groups is 2. The van der Waals surface area contributed by atoms with Crippen LogP contribution < -0.4 is 0 Å². The van der Waals surface area contributed by atoms with Crippen LogP contribution >= 0.6 is 11.3 Å². The van der Waals surface area contributed by atoms with Crippen molar-refractivity contribution in [2.75, 3.05) is 13.2 Å². The number of carbonyl (C=O) groups excluding carboxylic acids is 1. The van der Waals surface area contributed by atoms with Crippen molar-refractivity contribution in [3.8, 4) is 0 Å². The van der Waals surface area contributed by atoms with Gasteiger partial charge in [0.05, 0.1) is 24.0 Å². The molecule has 1 atom stereocenters. The lowest BCUT2D eigenvalue weighted by Gasteiger charge is -2.23. The van der Waals surface area contributed by atoms with E-state index in [0.29, 0.717) is 13.2 Å². The van der Waals surface area contributed by atoms with Gasteiger partial charge in [-0.25, -0.2) is 0 Å². The Morgan fingerprint density at radius 1 is 1.52 bits per heavy atom. The van der Waals surface area contributed by atoms with E-state index >= 15 is 0 Å². The van der Waals surface area contributed by atoms with E-state index in [1.54, 1.807) is 11.8 Å². The molecule has 1 fully saturated rings. The first-order chi connectivity index (χ1) is 10.1. The summed E-state index contributed by atoms with van der Waals surface area (Å²) in [6, 6.07) is 2.14. The van der Waals surface area contributed by atoms with Gasteiger partial charge in [0.25, 0.3) is 5.91 Å². The minimum Gasteiger partial charge on any atom is -0.481 e. The van der Waals surface area contributed by atoms with Crippen LogP contribution in [0.3, 0.4) is 0 Å². The van der Waals surface area contributed by atoms with Crippen LogP contribution in [0.15, 0.2) is 6.07 Å². The molecule has 0 radical (unpaired) electrons. The van der Waals surface area contributed by atoms with E-state index in [1.165, 1.54) is 16.2 Å². The first-order valence-electron chi connectivity index (χ1n) is 7.29. The smallest absolute Gasteiger partial charge is 0.308 e. The number of fused-ring (bicyclic) bond motifs is 1. The van der Waals surface area contributed by atoms with Gasteiger partial charge in [0.15, 0.2) is 0 Å². The number of hydrogen-bond acceptors (Lipinski definition) is 4. The maximum atomic E-state index is 12.7. The van der Waals surface area contributed by atoms with Gasteiger partial charge in [-0.05, 0) is 24.5 Å². The zero-order chi connectivity index (χ0) is 15.0. The van der Waals surface area contributed by atoms with Gasteiger partial charge in [-0.2, -0.15) is 0 Å². The maximum Gasteiger partial charge on any atom is 0.308 e. The number of carboxylic acids is 1. The number of carboxylic acid groups (broad SMARTS) is 1. The Bertz CT molecular complexity index is 541. The first-order valence-corrected chi connectivity index (χ1v) is 8.11. The zero-order valence-corrected chi connectivity index (χ0v) is 12.8. The number of rotatable bonds is 5. The molecule has 0 bridgehead atoms. The molecule has 5 nitrogen and oxygen atoms in total. The molecule has 6 heteroatoms. The summed E-state index contributed by atoms with van der Waals surface area (Å²) in [5.41, 5.74) is 1.11. The van der Waals surface area contributed by atoms with E-state index in [4.69, 9.17) is 9.84 Å². The Hall–Kier alpha value is -1.40. The third kappa shape index (κ3) is 3.11. The molecular formula is C15H19NO4S. The molecule has 1 N–H and O–H groups in total. The van der Waals surface area contributed by atoms with Crippen molar-refractivity contribution in [3.05, 3.63) is 21.4 Å². The topological polar surface area (TPSA) is 66.8 Å². The fourth-order valence-corrected chi connectivity index (χ4v) is 3.66. The molecule has 1 unspecified atom stereocenters. The van der Waals surface area contributed by atoms with Crippen LogP contribution in [0.4, 0.5) is 0 Å². The predicted molar refractivity (Wildman–Crippen MR) is 78.5 cm³/mol. The van der Waals surface area contributed by atoms with Crippen molar-refractivity contribution in [2.45, 2.75) is 38.8 Å². The normalized spacial score (nSPS) is 18.9. The largest absolute Gasteiger partial charge is 0.481 e. The maximum absolute atomic E-state index is 12.7. The molecule has 2 heterocycles. The quantitative estimate of drug-likeness (QED) is 0.905. The van der Waals surface area contributed by atoms with Crippen molar-refractivity contribution in [3.63, 3.8) is 0 Å². The summed E-state index contributed by atoms with van der Waals surface area (Å²) in [5.74, 6) is -1.41. The van der Waals surface area contributed by atoms with Crippen molar-refractivity contribution < 1.29 is 19.4 Å². The standard InChI is InChI=1S/C15H19NO4S/c1-9(15(18)19)7-16(11-2-3-11)14(17)13-6-10-8-20-5-4-12(10)21-13/h6,9,11H,2-5,7-8H2,1H3,(H,18,19). The first kappa shape index (κ1) is 14.5. The van der Waals surface area contributed by atoms with Gasteiger partial charge < -0.3 is 14.7 Å². The Morgan fingerprint density at radius 3 is 2.90 bits per heavy atom. The minimum absolute atomic E-state index is 0.0231. The molecule has 0 aromatic carbocycles. The van der Waals surface area contributed by atoms with Gasteiger partial charge in [0, 0.05) is 23.9 Å². The molecule has 1 aliphatic carbocycles. The van der Waals surface area contributed by atoms with Crippen molar-refractivity contribution >= 4 is 23.2 Å². The summed E-state index contributed by atoms with van der Waals surface area (Å²) in [6.45, 7) is 3.23. The van der Waals surface area contributed by atoms with E-state index < -0.39 is 11.9 Å². The summed E-state index contributed by atoms with van der Waals surface area (Å²) in [6.07, 6.45) is 2.82. The highest BCUT2D eigenvalue weighted by atomic mass is 32.1. The molecule has 21 heavy (non-hydrogen) atoms. The Kier molecular flexibility index (Phi) is 3.99. The second kappa shape index (κ2) is 5.77. The molecule has 1 amide bonds. The van der Waals surface area contributed by atoms with Crippen LogP contribution in [0.1, 0.15) is 39.9 Å². The molecule has 1 aromatic heterocycles. The Balaban J connectivity index is 1.77. The third-order valence-electron chi connectivity index (χ3n) is 3.98. The van der Waals surface area contributed by atoms with Gasteiger partial charge in [-0.15, -0.1) is 11.3 Å². The fraction of sp³-hybridized carbons (Fsp3) is 0.600. The zero-order valence-electron chi connectivity index (χ0n) is 12.0. The monoisotopic (exact) mass is 309 g/mol. The van der Waals surface area contributed by atoms with Gasteiger partial charge >= 0.3 is 5.97 Å². The van der Waals surface area contributed by atoms with Crippen molar-refractivity contribution in [1.29, 1.82) is 0 Å². The number of thiophene rings is 1. The van der Waals surface area contributed by atoms with Crippen LogP contribution in [-0.2, 0) is 22.6 Å². The number of nitrogens with zero attached hydrogens (tertiary/aromatic N) is 1. The van der Waals surface area contributed by atoms with E-state index in [9.17, 15) is 9.59 Å². The van der Waals surface area contributed by atoms with Crippen LogP contribution in [0, 0.1) is 5.92 Å². The van der Waals surface area contributed by atoms with Crippen LogP contribution in [-0.4, -0.2) is 41.1 Å². The molecule has 1 aliphatic heterocycles. The molecule has 1 saturated carbocycles. The second-order valence-corrected chi connectivity index (χ2v) is 6.93. The average Bonchev–Trinajstić information content (AvgIpc) is 3.21. The summed E-state index contributed by atoms with van der Waals surface area (Å²) in [5, 5.41) is 9.07. The molecule has 0 spiro atoms. The van der Waals surface area contributed by atoms with E-state index in [1.807, 2.05) is 6.07 Å². The highest BCUT2D eigenvalue weighted by molar-refractivity contribution is 7.14. The lowest BCUT2D eigenvalue weighted by Crippen LogP contribution is -2.38. The summed E-state index contributed by atoms with van der Waals surface area (Å²) in [4.78, 5) is 27.4. The number of ether oxygens (including phenoxy) is 1. The third-order valence-corrected chi connectivity index (χ3v) is 5.20. The summed E-state index contributed by atoms with van der Waals surface area (Å²) in [7, 11) is 0. The summed E-state index contributed by atoms with van der Waals surface area (Å²) >= 11 is 1.53. The minimum atomic E-state index is -0.854. The fourth-order valence-electron chi connectivity index (χ4n) is 2.55. The van der Waals surface area contributed by atoms with Gasteiger partial charge in [-0.3, -0.25) is 9.59 Å². The second-order valence-electron chi connectivity index (χ2n) is 5.79. The van der Waals surface area contributed by atoms with E-state index in [2.05, 4.69) is 0 Å². The van der Waals surface area contributed by atoms with Gasteiger partial charge in [-0.1, -0.05) is 6.92 Å². The van der Waals surface area contributed by atoms with E-state index in [0.717, 1.165) is 29.7 Å². The number of hydrogen-bond donors (Lipinski definition) is 1. The highest BCUT2D eigenvalue weighted by Crippen LogP contribution is 2.33. The van der Waals surface area contributed by atoms with Crippen molar-refractivity contribution in [2.24, 2.45) is 5.92 Å². The number of aliphatic carboxylic acids is 1. The van der Waals surface area contributed by atoms with Crippen LogP contribution in [0.5, 0.6) is 0 Å². The SMILES string of the molecule is CC(CN(C(=O)c1cc2c(s1)CCOC2)C1CC1)C(=O)O. The van der Waals surface area contributed by atoms with Crippen LogP contribution in [0.25, 0.3) is 0 Å². The van der Waals surface area contributed by atoms with Crippen molar-refractivity contribution in [1.82, 2.24) is 4.90 Å². The Labute approximate surface area is 127 Å². The number of amides is 1. The van der Waals surface area contributed by atoms with Crippen LogP contribution in [0.2, 0.25) is 0 Å². The Morgan fingerprint density at radius 2 is 2.29 bits per heavy atom. The lowest BCUT2D eigenvalue weighted by atomic mass is 10.1. The average molecular weight is 309 g/mol. The van der Waals surface area contributed by atoms with E-state index in [-0.39, 0.29) is 18.5 Å². The van der Waals surface area contributed by atoms with Gasteiger partial charge in [0.2, 0.25) is 0 Å². The lowest BCUT2D eigenvalue weighted by molar-refractivity contribution is -0.141. The molecule has 2 aliphatic rings. The molecular weight excluding hydrogens is 290 g/mol. The molecule has 0 saturated heterocycles. The molecule has 3 rings (SSSR count). The van der Waals surface area contributed by atoms with Gasteiger partial charge in [0.1, 0.15) is 0 Å². The highest BCUT2D eigenvalue weighted by Gasteiger charge is 2.35. The molecule has 1 aromatic rings. The summed E-state index contributed by atoms with van der Waals surface area (Å²) < 4.78 is 5.41.